The van der Waals surface area contributed by atoms with Crippen molar-refractivity contribution in [1.29, 1.82) is 0 Å². The minimum Gasteiger partial charge on any atom is -0.327 e. The zero-order valence-corrected chi connectivity index (χ0v) is 6.78. The molecule has 0 aliphatic carbocycles. The third-order valence-electron chi connectivity index (χ3n) is 1.33. The largest absolute Gasteiger partial charge is 0.327 e. The zero-order chi connectivity index (χ0) is 7.98. The summed E-state index contributed by atoms with van der Waals surface area (Å²) in [5.74, 6) is 0.318. The highest BCUT2D eigenvalue weighted by Crippen LogP contribution is 1.93. The van der Waals surface area contributed by atoms with E-state index in [0.717, 1.165) is 0 Å². The van der Waals surface area contributed by atoms with Gasteiger partial charge in [0.2, 0.25) is 0 Å². The highest BCUT2D eigenvalue weighted by Gasteiger charge is 2.01. The molecular formula is C7H15N3. The molecule has 0 rings (SSSR count). The maximum Gasteiger partial charge on any atom is 0.109 e. The van der Waals surface area contributed by atoms with Gasteiger partial charge >= 0.3 is 0 Å². The van der Waals surface area contributed by atoms with E-state index in [1.807, 2.05) is 13.8 Å². The fourth-order valence-corrected chi connectivity index (χ4v) is 0.377. The van der Waals surface area contributed by atoms with Gasteiger partial charge < -0.3 is 5.73 Å². The summed E-state index contributed by atoms with van der Waals surface area (Å²) in [4.78, 5) is 7.62. The van der Waals surface area contributed by atoms with Crippen molar-refractivity contribution in [3.05, 3.63) is 0 Å². The maximum absolute atomic E-state index is 5.58. The molecule has 0 aromatic carbocycles. The second-order valence-electron chi connectivity index (χ2n) is 2.39. The first-order valence-electron chi connectivity index (χ1n) is 3.38. The summed E-state index contributed by atoms with van der Waals surface area (Å²) in [6.07, 6.45) is 3.32. The van der Waals surface area contributed by atoms with Gasteiger partial charge in [-0.1, -0.05) is 6.92 Å². The summed E-state index contributed by atoms with van der Waals surface area (Å²) in [7, 11) is 1.69. The lowest BCUT2D eigenvalue weighted by Crippen LogP contribution is -2.25. The molecule has 0 heterocycles. The Morgan fingerprint density at radius 1 is 1.40 bits per heavy atom. The SMILES string of the molecule is C/N=C\N=C/[C@H](C)C(C)N. The van der Waals surface area contributed by atoms with E-state index in [9.17, 15) is 0 Å². The van der Waals surface area contributed by atoms with Gasteiger partial charge in [-0.15, -0.1) is 0 Å². The number of nitrogens with two attached hydrogens (primary N) is 1. The van der Waals surface area contributed by atoms with Crippen molar-refractivity contribution in [2.24, 2.45) is 21.6 Å². The monoisotopic (exact) mass is 141 g/mol. The minimum absolute atomic E-state index is 0.161. The Bertz CT molecular complexity index is 127. The zero-order valence-electron chi connectivity index (χ0n) is 6.78. The summed E-state index contributed by atoms with van der Waals surface area (Å²) in [5, 5.41) is 0. The van der Waals surface area contributed by atoms with Gasteiger partial charge in [0.25, 0.3) is 0 Å². The predicted molar refractivity (Wildman–Crippen MR) is 45.7 cm³/mol. The van der Waals surface area contributed by atoms with Crippen molar-refractivity contribution < 1.29 is 0 Å². The number of rotatable bonds is 3. The van der Waals surface area contributed by atoms with Crippen LogP contribution in [0.25, 0.3) is 0 Å². The van der Waals surface area contributed by atoms with Crippen LogP contribution in [0.15, 0.2) is 9.98 Å². The molecule has 0 bridgehead atoms. The van der Waals surface area contributed by atoms with Crippen molar-refractivity contribution in [3.8, 4) is 0 Å². The molecule has 1 unspecified atom stereocenters. The normalized spacial score (nSPS) is 18.4. The average Bonchev–Trinajstić information content (AvgIpc) is 1.88. The molecule has 3 nitrogen and oxygen atoms in total. The van der Waals surface area contributed by atoms with Crippen LogP contribution < -0.4 is 5.73 Å². The first-order valence-corrected chi connectivity index (χ1v) is 3.38. The average molecular weight is 141 g/mol. The molecule has 3 heteroatoms. The van der Waals surface area contributed by atoms with Gasteiger partial charge in [-0.05, 0) is 6.92 Å². The van der Waals surface area contributed by atoms with Crippen LogP contribution in [-0.2, 0) is 0 Å². The molecule has 0 aliphatic heterocycles. The molecule has 2 atom stereocenters. The van der Waals surface area contributed by atoms with Crippen LogP contribution in [0.1, 0.15) is 13.8 Å². The molecule has 0 amide bonds. The third-order valence-corrected chi connectivity index (χ3v) is 1.33. The van der Waals surface area contributed by atoms with E-state index >= 15 is 0 Å². The highest BCUT2D eigenvalue weighted by molar-refractivity contribution is 5.73. The van der Waals surface area contributed by atoms with E-state index in [4.69, 9.17) is 5.73 Å². The fourth-order valence-electron chi connectivity index (χ4n) is 0.377. The summed E-state index contributed by atoms with van der Waals surface area (Å²) in [6.45, 7) is 3.98. The lowest BCUT2D eigenvalue weighted by Gasteiger charge is -2.07. The lowest BCUT2D eigenvalue weighted by atomic mass is 10.1. The van der Waals surface area contributed by atoms with Gasteiger partial charge in [0.1, 0.15) is 6.34 Å². The minimum atomic E-state index is 0.161. The molecule has 2 N–H and O–H groups in total. The molecule has 0 saturated carbocycles. The van der Waals surface area contributed by atoms with Crippen molar-refractivity contribution >= 4 is 12.6 Å². The molecule has 0 aromatic rings. The molecule has 0 aromatic heterocycles. The Hall–Kier alpha value is -0.700. The first kappa shape index (κ1) is 9.30. The van der Waals surface area contributed by atoms with Crippen LogP contribution in [0, 0.1) is 5.92 Å². The van der Waals surface area contributed by atoms with Crippen molar-refractivity contribution in [1.82, 2.24) is 0 Å². The quantitative estimate of drug-likeness (QED) is 0.456. The van der Waals surface area contributed by atoms with E-state index in [0.29, 0.717) is 5.92 Å². The van der Waals surface area contributed by atoms with E-state index in [-0.39, 0.29) is 6.04 Å². The molecule has 10 heavy (non-hydrogen) atoms. The summed E-state index contributed by atoms with van der Waals surface area (Å²) >= 11 is 0. The Labute approximate surface area is 62.1 Å². The van der Waals surface area contributed by atoms with Gasteiger partial charge in [-0.3, -0.25) is 4.99 Å². The molecule has 0 radical (unpaired) electrons. The van der Waals surface area contributed by atoms with Gasteiger partial charge in [0, 0.05) is 25.2 Å². The van der Waals surface area contributed by atoms with Crippen LogP contribution in [-0.4, -0.2) is 25.6 Å². The molecule has 0 aliphatic rings. The standard InChI is InChI=1S/C7H15N3/c1-6(7(2)8)4-10-5-9-3/h4-7H,8H2,1-3H3/b9-5-,10-4-/t6-,7?/m0/s1. The Morgan fingerprint density at radius 2 is 2.00 bits per heavy atom. The van der Waals surface area contributed by atoms with Gasteiger partial charge in [0.05, 0.1) is 0 Å². The van der Waals surface area contributed by atoms with Gasteiger partial charge in [0.15, 0.2) is 0 Å². The van der Waals surface area contributed by atoms with E-state index < -0.39 is 0 Å². The summed E-state index contributed by atoms with van der Waals surface area (Å²) < 4.78 is 0. The Kier molecular flexibility index (Phi) is 4.76. The molecule has 0 spiro atoms. The molecule has 58 valence electrons. The van der Waals surface area contributed by atoms with Crippen LogP contribution in [0.5, 0.6) is 0 Å². The van der Waals surface area contributed by atoms with Crippen LogP contribution in [0.4, 0.5) is 0 Å². The second-order valence-corrected chi connectivity index (χ2v) is 2.39. The Balaban J connectivity index is 3.66. The smallest absolute Gasteiger partial charge is 0.109 e. The first-order chi connectivity index (χ1) is 4.68. The number of hydrogen-bond acceptors (Lipinski definition) is 2. The van der Waals surface area contributed by atoms with E-state index in [2.05, 4.69) is 9.98 Å². The summed E-state index contributed by atoms with van der Waals surface area (Å²) in [5.41, 5.74) is 5.58. The topological polar surface area (TPSA) is 50.7 Å². The van der Waals surface area contributed by atoms with Crippen LogP contribution >= 0.6 is 0 Å². The summed E-state index contributed by atoms with van der Waals surface area (Å²) in [6, 6.07) is 0.161. The molecule has 0 fully saturated rings. The second kappa shape index (κ2) is 5.11. The molecular weight excluding hydrogens is 126 g/mol. The van der Waals surface area contributed by atoms with E-state index in [1.54, 1.807) is 13.3 Å². The number of hydrogen-bond donors (Lipinski definition) is 1. The number of aliphatic imine (C=N–C) groups is 2. The highest BCUT2D eigenvalue weighted by atomic mass is 14.8. The van der Waals surface area contributed by atoms with Crippen molar-refractivity contribution in [2.45, 2.75) is 19.9 Å². The predicted octanol–water partition coefficient (Wildman–Crippen LogP) is 0.699. The lowest BCUT2D eigenvalue weighted by molar-refractivity contribution is 0.623. The van der Waals surface area contributed by atoms with Gasteiger partial charge in [-0.2, -0.15) is 0 Å². The maximum atomic E-state index is 5.58. The van der Waals surface area contributed by atoms with Crippen LogP contribution in [0.3, 0.4) is 0 Å². The van der Waals surface area contributed by atoms with Gasteiger partial charge in [-0.25, -0.2) is 4.99 Å². The van der Waals surface area contributed by atoms with E-state index in [1.165, 1.54) is 6.34 Å². The van der Waals surface area contributed by atoms with Crippen molar-refractivity contribution in [3.63, 3.8) is 0 Å². The Morgan fingerprint density at radius 3 is 2.40 bits per heavy atom. The van der Waals surface area contributed by atoms with Crippen LogP contribution in [0.2, 0.25) is 0 Å². The fraction of sp³-hybridized carbons (Fsp3) is 0.714. The third kappa shape index (κ3) is 4.21. The molecule has 0 saturated heterocycles. The van der Waals surface area contributed by atoms with Crippen molar-refractivity contribution in [2.75, 3.05) is 7.05 Å². The number of nitrogens with zero attached hydrogens (tertiary/aromatic N) is 2.